The normalized spacial score (nSPS) is 27.0. The molecule has 72 valence electrons. The maximum Gasteiger partial charge on any atom is 0.250 e. The molecule has 0 radical (unpaired) electrons. The maximum atomic E-state index is 6.55. The molecular formula is C7H15Cl3Si2. The summed E-state index contributed by atoms with van der Waals surface area (Å²) in [5.41, 5.74) is 0. The first-order chi connectivity index (χ1) is 5.47. The quantitative estimate of drug-likeness (QED) is 0.507. The van der Waals surface area contributed by atoms with Crippen molar-refractivity contribution in [3.63, 3.8) is 0 Å². The molecule has 0 aromatic carbocycles. The molecule has 1 rings (SSSR count). The zero-order valence-corrected chi connectivity index (χ0v) is 11.6. The molecular weight excluding hydrogens is 247 g/mol. The predicted octanol–water partition coefficient (Wildman–Crippen LogP) is 4.51. The van der Waals surface area contributed by atoms with Crippen molar-refractivity contribution < 1.29 is 0 Å². The summed E-state index contributed by atoms with van der Waals surface area (Å²) in [6, 6.07) is 5.62. The second-order valence-electron chi connectivity index (χ2n) is 3.76. The van der Waals surface area contributed by atoms with Crippen LogP contribution < -0.4 is 0 Å². The Hall–Kier alpha value is 1.30. The fraction of sp³-hybridized carbons (Fsp3) is 1.00. The summed E-state index contributed by atoms with van der Waals surface area (Å²) in [5, 5.41) is 0. The predicted molar refractivity (Wildman–Crippen MR) is 63.4 cm³/mol. The van der Waals surface area contributed by atoms with E-state index in [1.165, 1.54) is 12.5 Å². The zero-order chi connectivity index (χ0) is 9.24. The molecule has 5 heteroatoms. The summed E-state index contributed by atoms with van der Waals surface area (Å²) in [4.78, 5) is 0. The standard InChI is InChI=1S/C7H15Cl3Si2/c1-2-3-11(8)4-6-12(9,10)7-5-11/h2-7H2,1H3. The van der Waals surface area contributed by atoms with Crippen molar-refractivity contribution in [3.05, 3.63) is 0 Å². The van der Waals surface area contributed by atoms with E-state index in [9.17, 15) is 0 Å². The largest absolute Gasteiger partial charge is 0.250 e. The van der Waals surface area contributed by atoms with Crippen LogP contribution in [0.2, 0.25) is 30.2 Å². The lowest BCUT2D eigenvalue weighted by Gasteiger charge is -2.33. The summed E-state index contributed by atoms with van der Waals surface area (Å²) in [6.45, 7) is 0.393. The Bertz CT molecular complexity index is 151. The molecule has 0 nitrogen and oxygen atoms in total. The van der Waals surface area contributed by atoms with E-state index in [4.69, 9.17) is 33.2 Å². The van der Waals surface area contributed by atoms with Crippen molar-refractivity contribution in [2.75, 3.05) is 0 Å². The third-order valence-corrected chi connectivity index (χ3v) is 13.2. The van der Waals surface area contributed by atoms with E-state index in [0.717, 1.165) is 24.2 Å². The summed E-state index contributed by atoms with van der Waals surface area (Å²) < 4.78 is 0. The molecule has 0 N–H and O–H groups in total. The zero-order valence-electron chi connectivity index (χ0n) is 7.38. The van der Waals surface area contributed by atoms with E-state index in [0.29, 0.717) is 0 Å². The van der Waals surface area contributed by atoms with Crippen LogP contribution in [0.5, 0.6) is 0 Å². The van der Waals surface area contributed by atoms with E-state index < -0.39 is 14.1 Å². The molecule has 0 amide bonds. The molecule has 1 fully saturated rings. The van der Waals surface area contributed by atoms with Crippen LogP contribution in [0.4, 0.5) is 0 Å². The summed E-state index contributed by atoms with van der Waals surface area (Å²) in [5.74, 6) is 0. The summed E-state index contributed by atoms with van der Waals surface area (Å²) in [6.07, 6.45) is 1.22. The van der Waals surface area contributed by atoms with Crippen LogP contribution in [-0.4, -0.2) is 14.1 Å². The number of hydrogen-bond acceptors (Lipinski definition) is 0. The van der Waals surface area contributed by atoms with Gasteiger partial charge in [0.1, 0.15) is 0 Å². The van der Waals surface area contributed by atoms with Gasteiger partial charge >= 0.3 is 0 Å². The molecule has 1 aliphatic rings. The minimum atomic E-state index is -1.81. The van der Waals surface area contributed by atoms with Gasteiger partial charge in [0.2, 0.25) is 0 Å². The molecule has 12 heavy (non-hydrogen) atoms. The van der Waals surface area contributed by atoms with Crippen molar-refractivity contribution in [1.82, 2.24) is 0 Å². The van der Waals surface area contributed by atoms with Crippen LogP contribution in [0.15, 0.2) is 0 Å². The highest BCUT2D eigenvalue weighted by atomic mass is 35.7. The smallest absolute Gasteiger partial charge is 0.167 e. The molecule has 1 saturated heterocycles. The van der Waals surface area contributed by atoms with Crippen molar-refractivity contribution in [2.24, 2.45) is 0 Å². The Labute approximate surface area is 90.7 Å². The van der Waals surface area contributed by atoms with E-state index in [1.54, 1.807) is 0 Å². The van der Waals surface area contributed by atoms with Crippen LogP contribution in [0.3, 0.4) is 0 Å². The van der Waals surface area contributed by atoms with E-state index in [1.807, 2.05) is 0 Å². The van der Waals surface area contributed by atoms with Gasteiger partial charge in [0.15, 0.2) is 7.38 Å². The highest BCUT2D eigenvalue weighted by molar-refractivity contribution is 7.46. The fourth-order valence-electron chi connectivity index (χ4n) is 1.76. The highest BCUT2D eigenvalue weighted by Gasteiger charge is 2.42. The molecule has 1 aliphatic heterocycles. The van der Waals surface area contributed by atoms with E-state index in [-0.39, 0.29) is 0 Å². The topological polar surface area (TPSA) is 0 Å². The monoisotopic (exact) mass is 260 g/mol. The Morgan fingerprint density at radius 1 is 1.00 bits per heavy atom. The lowest BCUT2D eigenvalue weighted by atomic mass is 10.6. The molecule has 0 atom stereocenters. The second-order valence-corrected chi connectivity index (χ2v) is 17.6. The minimum absolute atomic E-state index is 1.03. The van der Waals surface area contributed by atoms with Crippen LogP contribution in [-0.2, 0) is 0 Å². The number of rotatable bonds is 2. The SMILES string of the molecule is CCC[Si]1(Cl)CC[Si](Cl)(Cl)CC1. The Balaban J connectivity index is 2.44. The molecule has 0 unspecified atom stereocenters. The first-order valence-corrected chi connectivity index (χ1v) is 12.6. The van der Waals surface area contributed by atoms with Crippen molar-refractivity contribution >= 4 is 47.3 Å². The van der Waals surface area contributed by atoms with Gasteiger partial charge in [-0.25, -0.2) is 0 Å². The molecule has 1 heterocycles. The number of halogens is 3. The Morgan fingerprint density at radius 3 is 1.92 bits per heavy atom. The van der Waals surface area contributed by atoms with Gasteiger partial charge in [0.05, 0.1) is 0 Å². The molecule has 0 saturated carbocycles. The van der Waals surface area contributed by atoms with Crippen LogP contribution in [0, 0.1) is 0 Å². The third kappa shape index (κ3) is 3.22. The molecule has 0 aromatic heterocycles. The van der Waals surface area contributed by atoms with Gasteiger partial charge in [-0.1, -0.05) is 13.3 Å². The average Bonchev–Trinajstić information content (AvgIpc) is 1.98. The first kappa shape index (κ1) is 11.4. The lowest BCUT2D eigenvalue weighted by Crippen LogP contribution is -2.37. The van der Waals surface area contributed by atoms with Crippen LogP contribution in [0.25, 0.3) is 0 Å². The van der Waals surface area contributed by atoms with Gasteiger partial charge < -0.3 is 0 Å². The van der Waals surface area contributed by atoms with Gasteiger partial charge in [-0.2, -0.15) is 11.1 Å². The lowest BCUT2D eigenvalue weighted by molar-refractivity contribution is 1.02. The van der Waals surface area contributed by atoms with Gasteiger partial charge in [-0.3, -0.25) is 0 Å². The van der Waals surface area contributed by atoms with Crippen molar-refractivity contribution in [3.8, 4) is 0 Å². The second kappa shape index (κ2) is 4.22. The molecule has 0 aromatic rings. The molecule has 0 aliphatic carbocycles. The third-order valence-electron chi connectivity index (χ3n) is 2.58. The maximum absolute atomic E-state index is 6.55. The minimum Gasteiger partial charge on any atom is -0.167 e. The van der Waals surface area contributed by atoms with Crippen LogP contribution >= 0.6 is 33.2 Å². The van der Waals surface area contributed by atoms with Gasteiger partial charge in [-0.15, -0.1) is 22.2 Å². The van der Waals surface area contributed by atoms with Crippen molar-refractivity contribution in [2.45, 2.75) is 43.6 Å². The van der Waals surface area contributed by atoms with Gasteiger partial charge in [-0.05, 0) is 30.2 Å². The molecule has 0 bridgehead atoms. The Morgan fingerprint density at radius 2 is 1.50 bits per heavy atom. The van der Waals surface area contributed by atoms with Gasteiger partial charge in [0, 0.05) is 0 Å². The average molecular weight is 262 g/mol. The number of hydrogen-bond donors (Lipinski definition) is 0. The van der Waals surface area contributed by atoms with E-state index in [2.05, 4.69) is 6.92 Å². The van der Waals surface area contributed by atoms with Crippen LogP contribution in [0.1, 0.15) is 13.3 Å². The van der Waals surface area contributed by atoms with Gasteiger partial charge in [0.25, 0.3) is 6.69 Å². The summed E-state index contributed by atoms with van der Waals surface area (Å²) >= 11 is 18.9. The van der Waals surface area contributed by atoms with E-state index >= 15 is 0 Å². The Kier molecular flexibility index (Phi) is 4.00. The highest BCUT2D eigenvalue weighted by Crippen LogP contribution is 2.44. The first-order valence-electron chi connectivity index (χ1n) is 4.54. The molecule has 0 spiro atoms. The van der Waals surface area contributed by atoms with Crippen molar-refractivity contribution in [1.29, 1.82) is 0 Å². The summed E-state index contributed by atoms with van der Waals surface area (Å²) in [7, 11) is -1.39. The fourth-order valence-corrected chi connectivity index (χ4v) is 15.8.